The number of halogens is 1. The molecular weight excluding hydrogens is 390 g/mol. The normalized spacial score (nSPS) is 17.9. The molecule has 0 unspecified atom stereocenters. The zero-order valence-electron chi connectivity index (χ0n) is 17.2. The number of ether oxygens (including phenoxy) is 1. The molecular formula is C20H28ClN7O. The number of nitrogen functional groups attached to an aromatic ring is 1. The van der Waals surface area contributed by atoms with E-state index in [1.54, 1.807) is 7.11 Å². The van der Waals surface area contributed by atoms with Crippen molar-refractivity contribution in [1.29, 1.82) is 0 Å². The van der Waals surface area contributed by atoms with Crippen LogP contribution in [0.25, 0.3) is 0 Å². The van der Waals surface area contributed by atoms with Crippen LogP contribution in [0.15, 0.2) is 18.2 Å². The summed E-state index contributed by atoms with van der Waals surface area (Å²) in [7, 11) is 5.67. The number of piperidine rings is 1. The van der Waals surface area contributed by atoms with Crippen LogP contribution in [0.4, 0.5) is 23.5 Å². The minimum absolute atomic E-state index is 0.232. The molecule has 1 saturated heterocycles. The second kappa shape index (κ2) is 8.20. The Balaban J connectivity index is 1.63. The minimum Gasteiger partial charge on any atom is -0.495 e. The van der Waals surface area contributed by atoms with Crippen molar-refractivity contribution in [3.8, 4) is 5.75 Å². The summed E-state index contributed by atoms with van der Waals surface area (Å²) in [6.45, 7) is 2.18. The average Bonchev–Trinajstić information content (AvgIpc) is 3.53. The second-order valence-corrected chi connectivity index (χ2v) is 8.25. The number of methoxy groups -OCH3 is 1. The molecule has 1 aliphatic heterocycles. The van der Waals surface area contributed by atoms with Gasteiger partial charge in [0.25, 0.3) is 0 Å². The van der Waals surface area contributed by atoms with E-state index in [1.165, 1.54) is 12.8 Å². The molecule has 0 spiro atoms. The summed E-state index contributed by atoms with van der Waals surface area (Å²) in [5, 5.41) is 0.532. The maximum Gasteiger partial charge on any atom is 0.236 e. The van der Waals surface area contributed by atoms with Crippen molar-refractivity contribution in [2.75, 3.05) is 49.8 Å². The van der Waals surface area contributed by atoms with E-state index in [2.05, 4.69) is 26.8 Å². The van der Waals surface area contributed by atoms with E-state index in [1.807, 2.05) is 30.1 Å². The van der Waals surface area contributed by atoms with Gasteiger partial charge in [-0.25, -0.2) is 0 Å². The van der Waals surface area contributed by atoms with E-state index in [4.69, 9.17) is 27.1 Å². The second-order valence-electron chi connectivity index (χ2n) is 7.84. The van der Waals surface area contributed by atoms with Gasteiger partial charge in [0.05, 0.1) is 12.1 Å². The van der Waals surface area contributed by atoms with Crippen molar-refractivity contribution in [2.45, 2.75) is 37.8 Å². The molecule has 9 heteroatoms. The number of likely N-dealkylation sites (tertiary alicyclic amines) is 1. The highest BCUT2D eigenvalue weighted by Gasteiger charge is 2.37. The zero-order chi connectivity index (χ0) is 20.5. The fourth-order valence-electron chi connectivity index (χ4n) is 3.86. The van der Waals surface area contributed by atoms with E-state index in [0.717, 1.165) is 31.6 Å². The van der Waals surface area contributed by atoms with Gasteiger partial charge in [0, 0.05) is 24.8 Å². The molecule has 29 heavy (non-hydrogen) atoms. The van der Waals surface area contributed by atoms with E-state index >= 15 is 0 Å². The summed E-state index contributed by atoms with van der Waals surface area (Å²) in [6.07, 6.45) is 4.57. The highest BCUT2D eigenvalue weighted by Crippen LogP contribution is 2.36. The molecule has 2 fully saturated rings. The summed E-state index contributed by atoms with van der Waals surface area (Å²) in [5.41, 5.74) is 6.94. The fraction of sp³-hybridized carbons (Fsp3) is 0.550. The van der Waals surface area contributed by atoms with Crippen LogP contribution in [0.1, 0.15) is 25.7 Å². The van der Waals surface area contributed by atoms with E-state index < -0.39 is 0 Å². The van der Waals surface area contributed by atoms with Gasteiger partial charge in [0.1, 0.15) is 5.75 Å². The Hall–Kier alpha value is -2.32. The number of aromatic nitrogens is 3. The first-order valence-electron chi connectivity index (χ1n) is 10.0. The van der Waals surface area contributed by atoms with Crippen LogP contribution in [0.5, 0.6) is 5.75 Å². The van der Waals surface area contributed by atoms with Crippen LogP contribution >= 0.6 is 11.6 Å². The molecule has 2 heterocycles. The summed E-state index contributed by atoms with van der Waals surface area (Å²) in [5.74, 6) is 2.04. The van der Waals surface area contributed by atoms with Gasteiger partial charge in [-0.05, 0) is 64.0 Å². The molecule has 2 N–H and O–H groups in total. The van der Waals surface area contributed by atoms with E-state index in [9.17, 15) is 0 Å². The number of hydrogen-bond donors (Lipinski definition) is 1. The highest BCUT2D eigenvalue weighted by molar-refractivity contribution is 6.32. The first-order valence-corrected chi connectivity index (χ1v) is 10.4. The van der Waals surface area contributed by atoms with E-state index in [-0.39, 0.29) is 5.95 Å². The Morgan fingerprint density at radius 3 is 2.34 bits per heavy atom. The molecule has 0 atom stereocenters. The van der Waals surface area contributed by atoms with Gasteiger partial charge in [0.15, 0.2) is 0 Å². The third-order valence-electron chi connectivity index (χ3n) is 5.70. The maximum absolute atomic E-state index is 6.30. The van der Waals surface area contributed by atoms with Crippen molar-refractivity contribution in [3.05, 3.63) is 23.2 Å². The molecule has 0 radical (unpaired) electrons. The largest absolute Gasteiger partial charge is 0.495 e. The van der Waals surface area contributed by atoms with Crippen LogP contribution < -0.4 is 20.3 Å². The predicted octanol–water partition coefficient (Wildman–Crippen LogP) is 2.95. The number of anilines is 4. The van der Waals surface area contributed by atoms with Crippen molar-refractivity contribution in [1.82, 2.24) is 19.9 Å². The van der Waals surface area contributed by atoms with Crippen molar-refractivity contribution in [2.24, 2.45) is 0 Å². The van der Waals surface area contributed by atoms with Crippen LogP contribution in [-0.4, -0.2) is 66.2 Å². The van der Waals surface area contributed by atoms with Gasteiger partial charge < -0.3 is 25.2 Å². The average molecular weight is 418 g/mol. The smallest absolute Gasteiger partial charge is 0.236 e. The summed E-state index contributed by atoms with van der Waals surface area (Å²) in [6, 6.07) is 6.51. The summed E-state index contributed by atoms with van der Waals surface area (Å²) < 4.78 is 5.24. The Labute approximate surface area is 176 Å². The van der Waals surface area contributed by atoms with Gasteiger partial charge in [-0.3, -0.25) is 0 Å². The molecule has 1 aromatic heterocycles. The lowest BCUT2D eigenvalue weighted by Gasteiger charge is -2.37. The zero-order valence-corrected chi connectivity index (χ0v) is 17.9. The lowest BCUT2D eigenvalue weighted by atomic mass is 10.0. The quantitative estimate of drug-likeness (QED) is 0.768. The molecule has 1 saturated carbocycles. The number of rotatable bonds is 6. The predicted molar refractivity (Wildman–Crippen MR) is 116 cm³/mol. The Kier molecular flexibility index (Phi) is 5.65. The van der Waals surface area contributed by atoms with E-state index in [0.29, 0.717) is 34.8 Å². The van der Waals surface area contributed by atoms with Crippen LogP contribution in [0.3, 0.4) is 0 Å². The number of benzene rings is 1. The Morgan fingerprint density at radius 2 is 1.72 bits per heavy atom. The molecule has 2 aromatic rings. The standard InChI is InChI=1S/C20H28ClN7O/c1-26-10-8-14(9-11-26)28(13-4-5-13)20-24-18(22)23-19(25-20)27(2)15-6-7-17(29-3)16(21)12-15/h6-7,12-14H,4-5,8-11H2,1-3H3,(H2,22,23,24,25). The van der Waals surface area contributed by atoms with Crippen LogP contribution in [0.2, 0.25) is 5.02 Å². The monoisotopic (exact) mass is 417 g/mol. The van der Waals surface area contributed by atoms with Gasteiger partial charge >= 0.3 is 0 Å². The minimum atomic E-state index is 0.232. The molecule has 4 rings (SSSR count). The fourth-order valence-corrected chi connectivity index (χ4v) is 4.12. The molecule has 0 amide bonds. The molecule has 8 nitrogen and oxygen atoms in total. The maximum atomic E-state index is 6.30. The SMILES string of the molecule is COc1ccc(N(C)c2nc(N)nc(N(C3CC3)C3CCN(C)CC3)n2)cc1Cl. The van der Waals surface area contributed by atoms with Crippen molar-refractivity contribution >= 4 is 35.1 Å². The highest BCUT2D eigenvalue weighted by atomic mass is 35.5. The third kappa shape index (κ3) is 4.33. The Morgan fingerprint density at radius 1 is 1.07 bits per heavy atom. The van der Waals surface area contributed by atoms with Crippen LogP contribution in [-0.2, 0) is 0 Å². The molecule has 1 aliphatic carbocycles. The molecule has 2 aliphatic rings. The third-order valence-corrected chi connectivity index (χ3v) is 6.00. The van der Waals surface area contributed by atoms with Crippen LogP contribution in [0, 0.1) is 0 Å². The first kappa shape index (κ1) is 20.0. The lowest BCUT2D eigenvalue weighted by Crippen LogP contribution is -2.45. The van der Waals surface area contributed by atoms with Crippen molar-refractivity contribution in [3.63, 3.8) is 0 Å². The van der Waals surface area contributed by atoms with Gasteiger partial charge in [0.2, 0.25) is 17.8 Å². The number of nitrogens with zero attached hydrogens (tertiary/aromatic N) is 6. The summed E-state index contributed by atoms with van der Waals surface area (Å²) >= 11 is 6.30. The van der Waals surface area contributed by atoms with Gasteiger partial charge in [-0.15, -0.1) is 0 Å². The number of nitrogens with two attached hydrogens (primary N) is 1. The first-order chi connectivity index (χ1) is 14.0. The summed E-state index contributed by atoms with van der Waals surface area (Å²) in [4.78, 5) is 20.3. The number of hydrogen-bond acceptors (Lipinski definition) is 8. The topological polar surface area (TPSA) is 83.6 Å². The Bertz CT molecular complexity index is 868. The van der Waals surface area contributed by atoms with Gasteiger partial charge in [-0.2, -0.15) is 15.0 Å². The van der Waals surface area contributed by atoms with Gasteiger partial charge in [-0.1, -0.05) is 11.6 Å². The molecule has 0 bridgehead atoms. The molecule has 156 valence electrons. The molecule has 1 aromatic carbocycles. The van der Waals surface area contributed by atoms with Crippen molar-refractivity contribution < 1.29 is 4.74 Å². The lowest BCUT2D eigenvalue weighted by molar-refractivity contribution is 0.248.